The number of benzene rings is 2. The summed E-state index contributed by atoms with van der Waals surface area (Å²) in [5.41, 5.74) is 3.29. The Morgan fingerprint density at radius 3 is 2.62 bits per heavy atom. The number of hydrogen-bond acceptors (Lipinski definition) is 5. The Hall–Kier alpha value is -3.00. The average Bonchev–Trinajstić information content (AvgIpc) is 2.73. The molecule has 0 aliphatic rings. The van der Waals surface area contributed by atoms with Crippen LogP contribution in [-0.4, -0.2) is 41.0 Å². The summed E-state index contributed by atoms with van der Waals surface area (Å²) in [5.74, 6) is -0.701. The average molecular weight is 416 g/mol. The lowest BCUT2D eigenvalue weighted by molar-refractivity contribution is -0.114. The van der Waals surface area contributed by atoms with Crippen molar-refractivity contribution >= 4 is 32.0 Å². The van der Waals surface area contributed by atoms with Crippen LogP contribution >= 0.6 is 0 Å². The van der Waals surface area contributed by atoms with Crippen LogP contribution in [0.5, 0.6) is 0 Å². The molecule has 2 rings (SSSR count). The first-order chi connectivity index (χ1) is 13.9. The van der Waals surface area contributed by atoms with Gasteiger partial charge in [-0.05, 0) is 25.5 Å². The second kappa shape index (κ2) is 10.5. The van der Waals surface area contributed by atoms with Gasteiger partial charge >= 0.3 is 0 Å². The van der Waals surface area contributed by atoms with Crippen molar-refractivity contribution < 1.29 is 18.9 Å². The minimum atomic E-state index is -0.400. The van der Waals surface area contributed by atoms with E-state index in [1.165, 1.54) is 20.2 Å². The van der Waals surface area contributed by atoms with E-state index in [0.717, 1.165) is 16.3 Å². The number of likely N-dealkylation sites (N-methyl/N-ethyl adjacent to an activating group) is 1. The lowest BCUT2D eigenvalue weighted by Gasteiger charge is -2.13. The number of aryl methyl sites for hydroxylation is 1. The zero-order chi connectivity index (χ0) is 21.4. The summed E-state index contributed by atoms with van der Waals surface area (Å²) >= 11 is 0. The van der Waals surface area contributed by atoms with Crippen LogP contribution in [0.2, 0.25) is 6.55 Å². The van der Waals surface area contributed by atoms with Crippen LogP contribution in [0.25, 0.3) is 0 Å². The van der Waals surface area contributed by atoms with E-state index in [9.17, 15) is 9.18 Å². The summed E-state index contributed by atoms with van der Waals surface area (Å²) in [6.45, 7) is 5.86. The molecule has 6 nitrogen and oxygen atoms in total. The Kier molecular flexibility index (Phi) is 8.08. The molecule has 1 N–H and O–H groups in total. The number of rotatable bonds is 8. The molecule has 0 unspecified atom stereocenters. The molecule has 0 spiro atoms. The molecule has 1 amide bonds. The largest absolute Gasteiger partial charge is 0.398 e. The first-order valence-corrected chi connectivity index (χ1v) is 11.4. The maximum Gasteiger partial charge on any atom is 0.273 e. The highest BCUT2D eigenvalue weighted by Crippen LogP contribution is 2.18. The molecule has 0 aliphatic heterocycles. The maximum absolute atomic E-state index is 14.2. The van der Waals surface area contributed by atoms with Gasteiger partial charge in [-0.25, -0.2) is 4.39 Å². The number of hydrogen-bond donors (Lipinski definition) is 1. The summed E-state index contributed by atoms with van der Waals surface area (Å²) in [5, 5.41) is 11.7. The van der Waals surface area contributed by atoms with Crippen LogP contribution in [0.4, 0.5) is 4.39 Å². The zero-order valence-electron chi connectivity index (χ0n) is 17.4. The Labute approximate surface area is 172 Å². The van der Waals surface area contributed by atoms with Gasteiger partial charge in [0.15, 0.2) is 5.71 Å². The van der Waals surface area contributed by atoms with Gasteiger partial charge in [-0.15, -0.1) is 0 Å². The highest BCUT2D eigenvalue weighted by atomic mass is 28.2. The third kappa shape index (κ3) is 5.51. The van der Waals surface area contributed by atoms with E-state index >= 15 is 0 Å². The lowest BCUT2D eigenvalue weighted by atomic mass is 9.98. The molecular weight excluding hydrogens is 389 g/mol. The van der Waals surface area contributed by atoms with E-state index in [-0.39, 0.29) is 24.0 Å². The third-order valence-corrected chi connectivity index (χ3v) is 5.79. The molecule has 0 radical (unpaired) electrons. The van der Waals surface area contributed by atoms with E-state index in [1.807, 2.05) is 31.2 Å². The Morgan fingerprint density at radius 1 is 1.21 bits per heavy atom. The van der Waals surface area contributed by atoms with Gasteiger partial charge in [0.1, 0.15) is 19.5 Å². The number of carbonyl (C=O) groups is 1. The quantitative estimate of drug-likeness (QED) is 0.407. The van der Waals surface area contributed by atoms with Crippen molar-refractivity contribution in [2.45, 2.75) is 27.0 Å². The first-order valence-electron chi connectivity index (χ1n) is 9.30. The zero-order valence-corrected chi connectivity index (χ0v) is 18.8. The van der Waals surface area contributed by atoms with Crippen LogP contribution in [0, 0.1) is 12.7 Å². The minimum absolute atomic E-state index is 0.100. The second-order valence-corrected chi connectivity index (χ2v) is 7.94. The van der Waals surface area contributed by atoms with E-state index in [4.69, 9.17) is 9.68 Å². The van der Waals surface area contributed by atoms with Gasteiger partial charge in [-0.2, -0.15) is 0 Å². The van der Waals surface area contributed by atoms with Gasteiger partial charge in [0.05, 0.1) is 15.2 Å². The molecular formula is C21H26FN3O3Si. The van der Waals surface area contributed by atoms with Crippen molar-refractivity contribution in [2.24, 2.45) is 10.3 Å². The molecule has 0 aliphatic carbocycles. The highest BCUT2D eigenvalue weighted by Gasteiger charge is 2.19. The SMILES string of the molecule is CNC(=O)/C(=N/OC)c1cccc(C)c1CO/N=C(\C)c1cc([SiH2]C)ccc1F. The maximum atomic E-state index is 14.2. The molecule has 154 valence electrons. The predicted molar refractivity (Wildman–Crippen MR) is 116 cm³/mol. The summed E-state index contributed by atoms with van der Waals surface area (Å²) in [7, 11) is 2.50. The fourth-order valence-corrected chi connectivity index (χ4v) is 3.61. The summed E-state index contributed by atoms with van der Waals surface area (Å²) in [6, 6.07) is 10.6. The van der Waals surface area contributed by atoms with Crippen molar-refractivity contribution in [1.82, 2.24) is 5.32 Å². The van der Waals surface area contributed by atoms with Crippen molar-refractivity contribution in [1.29, 1.82) is 0 Å². The molecule has 0 saturated heterocycles. The van der Waals surface area contributed by atoms with Crippen LogP contribution in [0.1, 0.15) is 29.2 Å². The number of halogens is 1. The Morgan fingerprint density at radius 2 is 1.97 bits per heavy atom. The van der Waals surface area contributed by atoms with Gasteiger partial charge in [0.25, 0.3) is 5.91 Å². The Balaban J connectivity index is 2.30. The number of nitrogens with zero attached hydrogens (tertiary/aromatic N) is 2. The standard InChI is InChI=1S/C21H26FN3O3Si/c1-13-7-6-8-16(20(25-27-4)21(26)23-3)18(13)12-28-24-14(2)17-11-15(29-5)9-10-19(17)22/h6-11H,12,29H2,1-5H3,(H,23,26)/b24-14+,25-20+. The van der Waals surface area contributed by atoms with E-state index in [0.29, 0.717) is 16.8 Å². The predicted octanol–water partition coefficient (Wildman–Crippen LogP) is 2.01. The monoisotopic (exact) mass is 415 g/mol. The fourth-order valence-electron chi connectivity index (χ4n) is 2.85. The van der Waals surface area contributed by atoms with Crippen molar-refractivity contribution in [3.63, 3.8) is 0 Å². The smallest absolute Gasteiger partial charge is 0.273 e. The summed E-state index contributed by atoms with van der Waals surface area (Å²) in [6.07, 6.45) is 0. The molecule has 0 bridgehead atoms. The molecule has 0 saturated carbocycles. The first kappa shape index (κ1) is 22.3. The summed E-state index contributed by atoms with van der Waals surface area (Å²) in [4.78, 5) is 22.6. The normalized spacial score (nSPS) is 12.3. The second-order valence-electron chi connectivity index (χ2n) is 6.42. The molecule has 29 heavy (non-hydrogen) atoms. The summed E-state index contributed by atoms with van der Waals surface area (Å²) < 4.78 is 14.2. The molecule has 2 aromatic carbocycles. The van der Waals surface area contributed by atoms with Crippen molar-refractivity contribution in [3.05, 3.63) is 64.5 Å². The van der Waals surface area contributed by atoms with E-state index in [1.54, 1.807) is 13.0 Å². The Bertz CT molecular complexity index is 945. The minimum Gasteiger partial charge on any atom is -0.398 e. The molecule has 0 atom stereocenters. The third-order valence-electron chi connectivity index (χ3n) is 4.53. The molecule has 8 heteroatoms. The van der Waals surface area contributed by atoms with Gasteiger partial charge < -0.3 is 15.0 Å². The van der Waals surface area contributed by atoms with E-state index in [2.05, 4.69) is 22.2 Å². The number of amides is 1. The molecule has 0 aromatic heterocycles. The van der Waals surface area contributed by atoms with Gasteiger partial charge in [-0.1, -0.05) is 52.4 Å². The van der Waals surface area contributed by atoms with Crippen molar-refractivity contribution in [3.8, 4) is 0 Å². The van der Waals surface area contributed by atoms with Crippen molar-refractivity contribution in [2.75, 3.05) is 14.2 Å². The molecule has 0 fully saturated rings. The number of oxime groups is 2. The lowest BCUT2D eigenvalue weighted by Crippen LogP contribution is -2.29. The van der Waals surface area contributed by atoms with Crippen LogP contribution in [0.15, 0.2) is 46.7 Å². The number of carbonyl (C=O) groups excluding carboxylic acids is 1. The highest BCUT2D eigenvalue weighted by molar-refractivity contribution is 6.52. The van der Waals surface area contributed by atoms with Gasteiger partial charge in [0.2, 0.25) is 0 Å². The van der Waals surface area contributed by atoms with Crippen LogP contribution in [-0.2, 0) is 21.1 Å². The topological polar surface area (TPSA) is 72.3 Å². The van der Waals surface area contributed by atoms with E-state index < -0.39 is 9.52 Å². The molecule has 0 heterocycles. The van der Waals surface area contributed by atoms with Gasteiger partial charge in [-0.3, -0.25) is 4.79 Å². The van der Waals surface area contributed by atoms with Crippen LogP contribution in [0.3, 0.4) is 0 Å². The fraction of sp³-hybridized carbons (Fsp3) is 0.286. The van der Waals surface area contributed by atoms with Crippen LogP contribution < -0.4 is 10.5 Å². The van der Waals surface area contributed by atoms with Gasteiger partial charge in [0, 0.05) is 23.7 Å². The number of nitrogens with one attached hydrogen (secondary N) is 1. The molecule has 2 aromatic rings.